The van der Waals surface area contributed by atoms with Crippen molar-refractivity contribution in [2.24, 2.45) is 0 Å². The van der Waals surface area contributed by atoms with Crippen molar-refractivity contribution in [2.75, 3.05) is 11.5 Å². The van der Waals surface area contributed by atoms with E-state index in [0.717, 1.165) is 54.5 Å². The number of rotatable bonds is 9. The Labute approximate surface area is 226 Å². The summed E-state index contributed by atoms with van der Waals surface area (Å²) < 4.78 is 12.5. The van der Waals surface area contributed by atoms with Crippen LogP contribution in [0.1, 0.15) is 11.1 Å². The number of ether oxygens (including phenoxy) is 2. The van der Waals surface area contributed by atoms with Gasteiger partial charge < -0.3 is 30.9 Å². The number of nitrogens with two attached hydrogens (primary N) is 2. The molecule has 6 aromatic rings. The Morgan fingerprint density at radius 2 is 1.03 bits per heavy atom. The second-order valence-electron chi connectivity index (χ2n) is 8.59. The zero-order valence-corrected chi connectivity index (χ0v) is 21.8. The number of benzene rings is 4. The molecule has 190 valence electrons. The van der Waals surface area contributed by atoms with Crippen LogP contribution in [0.15, 0.2) is 94.7 Å². The molecule has 10 heteroatoms. The van der Waals surface area contributed by atoms with Crippen LogP contribution in [-0.2, 0) is 13.2 Å². The van der Waals surface area contributed by atoms with Gasteiger partial charge in [-0.25, -0.2) is 9.97 Å². The summed E-state index contributed by atoms with van der Waals surface area (Å²) in [5.74, 6) is 2.20. The lowest BCUT2D eigenvalue weighted by molar-refractivity contribution is 0.299. The summed E-state index contributed by atoms with van der Waals surface area (Å²) in [7, 11) is 3.12. The Balaban J connectivity index is 1.29. The molecule has 0 aliphatic rings. The van der Waals surface area contributed by atoms with Gasteiger partial charge in [0, 0.05) is 12.1 Å². The van der Waals surface area contributed by atoms with Gasteiger partial charge in [-0.15, -0.1) is 0 Å². The van der Waals surface area contributed by atoms with Gasteiger partial charge in [-0.05, 0) is 44.8 Å². The molecule has 0 amide bonds. The third kappa shape index (κ3) is 5.36. The molecule has 0 fully saturated rings. The third-order valence-corrected chi connectivity index (χ3v) is 8.23. The SMILES string of the molecule is Nc1nc2cc(SSc3cc4nc(N)[nH]c4cc3OCc3ccccc3)c(OCc3ccccc3)cc2[nH]1. The van der Waals surface area contributed by atoms with Crippen molar-refractivity contribution in [3.63, 3.8) is 0 Å². The predicted octanol–water partition coefficient (Wildman–Crippen LogP) is 6.56. The van der Waals surface area contributed by atoms with Gasteiger partial charge in [0.15, 0.2) is 11.9 Å². The number of H-pyrrole nitrogens is 2. The fourth-order valence-electron chi connectivity index (χ4n) is 3.99. The highest BCUT2D eigenvalue weighted by molar-refractivity contribution is 8.76. The first-order valence-corrected chi connectivity index (χ1v) is 14.0. The average molecular weight is 541 g/mol. The van der Waals surface area contributed by atoms with Crippen LogP contribution in [0.5, 0.6) is 11.5 Å². The predicted molar refractivity (Wildman–Crippen MR) is 154 cm³/mol. The lowest BCUT2D eigenvalue weighted by atomic mass is 10.2. The van der Waals surface area contributed by atoms with Gasteiger partial charge in [0.25, 0.3) is 0 Å². The van der Waals surface area contributed by atoms with E-state index < -0.39 is 0 Å². The molecule has 2 heterocycles. The lowest BCUT2D eigenvalue weighted by Gasteiger charge is -2.14. The van der Waals surface area contributed by atoms with E-state index in [1.807, 2.05) is 84.9 Å². The number of aromatic nitrogens is 4. The van der Waals surface area contributed by atoms with Gasteiger partial charge in [0.05, 0.1) is 31.9 Å². The second kappa shape index (κ2) is 10.6. The molecule has 6 N–H and O–H groups in total. The average Bonchev–Trinajstić information content (AvgIpc) is 3.49. The molecule has 2 aromatic heterocycles. The van der Waals surface area contributed by atoms with Gasteiger partial charge in [0.2, 0.25) is 0 Å². The summed E-state index contributed by atoms with van der Waals surface area (Å²) in [4.78, 5) is 16.8. The Bertz CT molecular complexity index is 1580. The van der Waals surface area contributed by atoms with Crippen LogP contribution in [0.3, 0.4) is 0 Å². The van der Waals surface area contributed by atoms with E-state index in [1.54, 1.807) is 21.6 Å². The number of anilines is 2. The van der Waals surface area contributed by atoms with E-state index in [2.05, 4.69) is 19.9 Å². The number of hydrogen-bond acceptors (Lipinski definition) is 8. The van der Waals surface area contributed by atoms with Crippen molar-refractivity contribution in [1.29, 1.82) is 0 Å². The third-order valence-electron chi connectivity index (χ3n) is 5.83. The maximum atomic E-state index is 6.25. The standard InChI is InChI=1S/C28H24N6O2S2/c29-27-31-19-11-23(35-15-17-7-3-1-4-8-17)25(13-21(19)33-27)37-38-26-14-22-20(32-28(30)34-22)12-24(26)36-16-18-9-5-2-6-10-18/h1-14H,15-16H2,(H3,29,31,33)(H3,30,32,34). The van der Waals surface area contributed by atoms with Gasteiger partial charge in [-0.2, -0.15) is 0 Å². The normalized spacial score (nSPS) is 11.3. The van der Waals surface area contributed by atoms with Crippen LogP contribution < -0.4 is 20.9 Å². The van der Waals surface area contributed by atoms with Crippen LogP contribution in [0, 0.1) is 0 Å². The Hall–Kier alpha value is -4.28. The van der Waals surface area contributed by atoms with Gasteiger partial charge >= 0.3 is 0 Å². The molecule has 4 aromatic carbocycles. The van der Waals surface area contributed by atoms with Gasteiger partial charge in [0.1, 0.15) is 24.7 Å². The highest BCUT2D eigenvalue weighted by Crippen LogP contribution is 2.47. The number of nitrogens with zero attached hydrogens (tertiary/aromatic N) is 2. The number of imidazole rings is 2. The zero-order valence-electron chi connectivity index (χ0n) is 20.2. The quantitative estimate of drug-likeness (QED) is 0.152. The molecule has 6 rings (SSSR count). The first kappa shape index (κ1) is 24.1. The highest BCUT2D eigenvalue weighted by atomic mass is 33.1. The minimum Gasteiger partial charge on any atom is -0.488 e. The Morgan fingerprint density at radius 1 is 0.605 bits per heavy atom. The minimum absolute atomic E-state index is 0.363. The van der Waals surface area contributed by atoms with Crippen molar-refractivity contribution in [2.45, 2.75) is 23.0 Å². The minimum atomic E-state index is 0.363. The van der Waals surface area contributed by atoms with Crippen molar-refractivity contribution < 1.29 is 9.47 Å². The number of fused-ring (bicyclic) bond motifs is 2. The Morgan fingerprint density at radius 3 is 1.45 bits per heavy atom. The van der Waals surface area contributed by atoms with Crippen molar-refractivity contribution in [3.8, 4) is 11.5 Å². The fourth-order valence-corrected chi connectivity index (χ4v) is 6.21. The first-order valence-electron chi connectivity index (χ1n) is 11.9. The van der Waals surface area contributed by atoms with E-state index >= 15 is 0 Å². The maximum absolute atomic E-state index is 6.25. The summed E-state index contributed by atoms with van der Waals surface area (Å²) >= 11 is 0. The zero-order chi connectivity index (χ0) is 25.9. The molecule has 0 aliphatic carbocycles. The number of aromatic amines is 2. The number of hydrogen-bond donors (Lipinski definition) is 4. The number of nitrogens with one attached hydrogen (secondary N) is 2. The topological polar surface area (TPSA) is 128 Å². The summed E-state index contributed by atoms with van der Waals surface area (Å²) in [5.41, 5.74) is 17.2. The van der Waals surface area contributed by atoms with E-state index in [1.165, 1.54) is 0 Å². The maximum Gasteiger partial charge on any atom is 0.198 e. The molecule has 0 atom stereocenters. The monoisotopic (exact) mass is 540 g/mol. The van der Waals surface area contributed by atoms with E-state index in [9.17, 15) is 0 Å². The van der Waals surface area contributed by atoms with Crippen molar-refractivity contribution >= 4 is 55.6 Å². The molecule has 38 heavy (non-hydrogen) atoms. The molecule has 0 saturated heterocycles. The van der Waals surface area contributed by atoms with Crippen LogP contribution >= 0.6 is 21.6 Å². The van der Waals surface area contributed by atoms with Crippen LogP contribution in [-0.4, -0.2) is 19.9 Å². The molecule has 0 aliphatic heterocycles. The molecule has 0 unspecified atom stereocenters. The molecule has 8 nitrogen and oxygen atoms in total. The largest absolute Gasteiger partial charge is 0.488 e. The summed E-state index contributed by atoms with van der Waals surface area (Å²) in [6.07, 6.45) is 0. The molecular formula is C28H24N6O2S2. The smallest absolute Gasteiger partial charge is 0.198 e. The molecule has 0 spiro atoms. The second-order valence-corrected chi connectivity index (χ2v) is 10.8. The molecule has 0 bridgehead atoms. The lowest BCUT2D eigenvalue weighted by Crippen LogP contribution is -1.97. The highest BCUT2D eigenvalue weighted by Gasteiger charge is 2.15. The summed E-state index contributed by atoms with van der Waals surface area (Å²) in [6.45, 7) is 0.885. The van der Waals surface area contributed by atoms with Crippen molar-refractivity contribution in [1.82, 2.24) is 19.9 Å². The fraction of sp³-hybridized carbons (Fsp3) is 0.0714. The van der Waals surface area contributed by atoms with Gasteiger partial charge in [-0.3, -0.25) is 0 Å². The number of nitrogen functional groups attached to an aromatic ring is 2. The van der Waals surface area contributed by atoms with Crippen LogP contribution in [0.4, 0.5) is 11.9 Å². The van der Waals surface area contributed by atoms with Crippen LogP contribution in [0.25, 0.3) is 22.1 Å². The van der Waals surface area contributed by atoms with Crippen molar-refractivity contribution in [3.05, 3.63) is 96.1 Å². The van der Waals surface area contributed by atoms with E-state index in [4.69, 9.17) is 20.9 Å². The Kier molecular flexibility index (Phi) is 6.72. The van der Waals surface area contributed by atoms with Crippen LogP contribution in [0.2, 0.25) is 0 Å². The molecule has 0 saturated carbocycles. The first-order chi connectivity index (χ1) is 18.6. The van der Waals surface area contributed by atoms with E-state index in [0.29, 0.717) is 25.1 Å². The summed E-state index contributed by atoms with van der Waals surface area (Å²) in [5, 5.41) is 0. The molecular weight excluding hydrogens is 516 g/mol. The van der Waals surface area contributed by atoms with Gasteiger partial charge in [-0.1, -0.05) is 60.7 Å². The molecule has 0 radical (unpaired) electrons. The van der Waals surface area contributed by atoms with E-state index in [-0.39, 0.29) is 0 Å². The summed E-state index contributed by atoms with van der Waals surface area (Å²) in [6, 6.07) is 28.0.